The van der Waals surface area contributed by atoms with Gasteiger partial charge < -0.3 is 10.1 Å². The van der Waals surface area contributed by atoms with Gasteiger partial charge in [-0.3, -0.25) is 0 Å². The summed E-state index contributed by atoms with van der Waals surface area (Å²) in [6.45, 7) is 4.12. The lowest BCUT2D eigenvalue weighted by atomic mass is 9.80. The van der Waals surface area contributed by atoms with Gasteiger partial charge in [-0.05, 0) is 42.5 Å². The highest BCUT2D eigenvalue weighted by atomic mass is 16.5. The second-order valence-corrected chi connectivity index (χ2v) is 5.90. The predicted molar refractivity (Wildman–Crippen MR) is 78.6 cm³/mol. The Morgan fingerprint density at radius 3 is 2.89 bits per heavy atom. The zero-order valence-electron chi connectivity index (χ0n) is 12.0. The lowest BCUT2D eigenvalue weighted by Crippen LogP contribution is -2.29. The van der Waals surface area contributed by atoms with E-state index in [2.05, 4.69) is 30.4 Å². The first-order chi connectivity index (χ1) is 9.38. The SMILES string of the molecule is CCNC(c1ccc2c(c1)CCO2)C1CCCCC1. The molecule has 2 nitrogen and oxygen atoms in total. The molecule has 0 spiro atoms. The van der Waals surface area contributed by atoms with Crippen molar-refractivity contribution in [3.8, 4) is 5.75 Å². The highest BCUT2D eigenvalue weighted by molar-refractivity contribution is 5.41. The van der Waals surface area contributed by atoms with E-state index >= 15 is 0 Å². The first-order valence-corrected chi connectivity index (χ1v) is 7.87. The molecule has 2 aliphatic rings. The third-order valence-electron chi connectivity index (χ3n) is 4.62. The summed E-state index contributed by atoms with van der Waals surface area (Å²) in [5.74, 6) is 1.91. The van der Waals surface area contributed by atoms with Gasteiger partial charge in [-0.25, -0.2) is 0 Å². The lowest BCUT2D eigenvalue weighted by molar-refractivity contribution is 0.274. The zero-order valence-corrected chi connectivity index (χ0v) is 12.0. The number of ether oxygens (including phenoxy) is 1. The van der Waals surface area contributed by atoms with Crippen LogP contribution in [0.2, 0.25) is 0 Å². The van der Waals surface area contributed by atoms with Gasteiger partial charge >= 0.3 is 0 Å². The molecule has 1 aliphatic carbocycles. The Bertz CT molecular complexity index is 423. The second kappa shape index (κ2) is 5.96. The minimum absolute atomic E-state index is 0.538. The van der Waals surface area contributed by atoms with E-state index in [9.17, 15) is 0 Å². The van der Waals surface area contributed by atoms with Crippen LogP contribution >= 0.6 is 0 Å². The number of fused-ring (bicyclic) bond motifs is 1. The molecule has 1 aromatic rings. The second-order valence-electron chi connectivity index (χ2n) is 5.90. The molecule has 0 radical (unpaired) electrons. The van der Waals surface area contributed by atoms with Gasteiger partial charge in [0.2, 0.25) is 0 Å². The molecule has 19 heavy (non-hydrogen) atoms. The Labute approximate surface area is 116 Å². The molecule has 0 amide bonds. The van der Waals surface area contributed by atoms with Crippen molar-refractivity contribution in [1.82, 2.24) is 5.32 Å². The molecule has 104 valence electrons. The monoisotopic (exact) mass is 259 g/mol. The molecule has 1 fully saturated rings. The molecule has 1 aliphatic heterocycles. The summed E-state index contributed by atoms with van der Waals surface area (Å²) in [6, 6.07) is 7.36. The number of nitrogens with one attached hydrogen (secondary N) is 1. The standard InChI is InChI=1S/C17H25NO/c1-2-18-17(13-6-4-3-5-7-13)15-8-9-16-14(12-15)10-11-19-16/h8-9,12-13,17-18H,2-7,10-11H2,1H3. The number of rotatable bonds is 4. The van der Waals surface area contributed by atoms with Crippen LogP contribution in [0.4, 0.5) is 0 Å². The summed E-state index contributed by atoms with van der Waals surface area (Å²) in [7, 11) is 0. The molecule has 1 atom stereocenters. The molecule has 1 heterocycles. The summed E-state index contributed by atoms with van der Waals surface area (Å²) in [6.07, 6.45) is 8.07. The van der Waals surface area contributed by atoms with E-state index in [0.29, 0.717) is 6.04 Å². The maximum absolute atomic E-state index is 5.62. The summed E-state index contributed by atoms with van der Waals surface area (Å²) in [4.78, 5) is 0. The quantitative estimate of drug-likeness (QED) is 0.886. The average molecular weight is 259 g/mol. The number of hydrogen-bond acceptors (Lipinski definition) is 2. The third-order valence-corrected chi connectivity index (χ3v) is 4.62. The topological polar surface area (TPSA) is 21.3 Å². The van der Waals surface area contributed by atoms with E-state index in [1.54, 1.807) is 0 Å². The molecule has 1 saturated carbocycles. The average Bonchev–Trinajstić information content (AvgIpc) is 2.93. The van der Waals surface area contributed by atoms with Gasteiger partial charge in [0, 0.05) is 12.5 Å². The van der Waals surface area contributed by atoms with Crippen LogP contribution in [0, 0.1) is 5.92 Å². The highest BCUT2D eigenvalue weighted by Gasteiger charge is 2.25. The molecular weight excluding hydrogens is 234 g/mol. The van der Waals surface area contributed by atoms with Crippen LogP contribution in [0.3, 0.4) is 0 Å². The maximum Gasteiger partial charge on any atom is 0.122 e. The van der Waals surface area contributed by atoms with E-state index < -0.39 is 0 Å². The van der Waals surface area contributed by atoms with E-state index in [1.807, 2.05) is 0 Å². The van der Waals surface area contributed by atoms with Gasteiger partial charge in [-0.2, -0.15) is 0 Å². The normalized spacial score (nSPS) is 20.9. The van der Waals surface area contributed by atoms with Crippen LogP contribution in [0.25, 0.3) is 0 Å². The largest absolute Gasteiger partial charge is 0.493 e. The molecule has 1 unspecified atom stereocenters. The first kappa shape index (κ1) is 13.0. The predicted octanol–water partition coefficient (Wildman–Crippen LogP) is 3.85. The Balaban J connectivity index is 1.82. The Morgan fingerprint density at radius 1 is 1.26 bits per heavy atom. The molecule has 1 N–H and O–H groups in total. The lowest BCUT2D eigenvalue weighted by Gasteiger charge is -2.31. The summed E-state index contributed by atoms with van der Waals surface area (Å²) < 4.78 is 5.62. The fraction of sp³-hybridized carbons (Fsp3) is 0.647. The number of benzene rings is 1. The van der Waals surface area contributed by atoms with Crippen molar-refractivity contribution >= 4 is 0 Å². The third kappa shape index (κ3) is 2.79. The van der Waals surface area contributed by atoms with Crippen LogP contribution in [-0.2, 0) is 6.42 Å². The van der Waals surface area contributed by atoms with E-state index in [-0.39, 0.29) is 0 Å². The van der Waals surface area contributed by atoms with Crippen molar-refractivity contribution in [2.75, 3.05) is 13.2 Å². The Kier molecular flexibility index (Phi) is 4.07. The Morgan fingerprint density at radius 2 is 2.11 bits per heavy atom. The van der Waals surface area contributed by atoms with Crippen molar-refractivity contribution in [1.29, 1.82) is 0 Å². The van der Waals surface area contributed by atoms with Gasteiger partial charge in [0.25, 0.3) is 0 Å². The van der Waals surface area contributed by atoms with E-state index in [4.69, 9.17) is 4.74 Å². The maximum atomic E-state index is 5.62. The van der Waals surface area contributed by atoms with Gasteiger partial charge in [-0.1, -0.05) is 38.3 Å². The molecule has 1 aromatic carbocycles. The Hall–Kier alpha value is -1.02. The molecule has 0 bridgehead atoms. The fourth-order valence-electron chi connectivity index (χ4n) is 3.64. The molecular formula is C17H25NO. The van der Waals surface area contributed by atoms with Gasteiger partial charge in [0.15, 0.2) is 0 Å². The van der Waals surface area contributed by atoms with Crippen LogP contribution in [0.5, 0.6) is 5.75 Å². The van der Waals surface area contributed by atoms with Crippen LogP contribution < -0.4 is 10.1 Å². The van der Waals surface area contributed by atoms with E-state index in [1.165, 1.54) is 43.2 Å². The highest BCUT2D eigenvalue weighted by Crippen LogP contribution is 2.36. The van der Waals surface area contributed by atoms with Crippen LogP contribution in [0.1, 0.15) is 56.2 Å². The van der Waals surface area contributed by atoms with Crippen molar-refractivity contribution in [2.24, 2.45) is 5.92 Å². The zero-order chi connectivity index (χ0) is 13.1. The molecule has 0 saturated heterocycles. The summed E-state index contributed by atoms with van der Waals surface area (Å²) in [5, 5.41) is 3.72. The first-order valence-electron chi connectivity index (χ1n) is 7.87. The van der Waals surface area contributed by atoms with Crippen LogP contribution in [-0.4, -0.2) is 13.2 Å². The van der Waals surface area contributed by atoms with Crippen molar-refractivity contribution in [3.05, 3.63) is 29.3 Å². The smallest absolute Gasteiger partial charge is 0.122 e. The molecule has 2 heteroatoms. The minimum atomic E-state index is 0.538. The van der Waals surface area contributed by atoms with E-state index in [0.717, 1.165) is 31.2 Å². The summed E-state index contributed by atoms with van der Waals surface area (Å²) >= 11 is 0. The van der Waals surface area contributed by atoms with Crippen molar-refractivity contribution in [2.45, 2.75) is 51.5 Å². The molecule has 0 aromatic heterocycles. The van der Waals surface area contributed by atoms with Crippen molar-refractivity contribution < 1.29 is 4.74 Å². The minimum Gasteiger partial charge on any atom is -0.493 e. The summed E-state index contributed by atoms with van der Waals surface area (Å²) in [5.41, 5.74) is 2.87. The van der Waals surface area contributed by atoms with Crippen LogP contribution in [0.15, 0.2) is 18.2 Å². The van der Waals surface area contributed by atoms with Gasteiger partial charge in [0.1, 0.15) is 5.75 Å². The number of hydrogen-bond donors (Lipinski definition) is 1. The van der Waals surface area contributed by atoms with Gasteiger partial charge in [-0.15, -0.1) is 0 Å². The molecule has 3 rings (SSSR count). The van der Waals surface area contributed by atoms with Gasteiger partial charge in [0.05, 0.1) is 6.61 Å². The van der Waals surface area contributed by atoms with Crippen molar-refractivity contribution in [3.63, 3.8) is 0 Å². The fourth-order valence-corrected chi connectivity index (χ4v) is 3.64.